The molecule has 0 heterocycles. The lowest BCUT2D eigenvalue weighted by atomic mass is 9.86. The van der Waals surface area contributed by atoms with Crippen molar-refractivity contribution in [3.8, 4) is 0 Å². The molecule has 0 spiro atoms. The average Bonchev–Trinajstić information content (AvgIpc) is 2.36. The van der Waals surface area contributed by atoms with Crippen LogP contribution in [0.5, 0.6) is 0 Å². The summed E-state index contributed by atoms with van der Waals surface area (Å²) in [5.41, 5.74) is 7.78. The van der Waals surface area contributed by atoms with E-state index in [-0.39, 0.29) is 11.6 Å². The van der Waals surface area contributed by atoms with E-state index in [9.17, 15) is 8.78 Å². The number of hydrogen-bond donors (Lipinski definition) is 1. The maximum Gasteiger partial charge on any atom is 0.126 e. The van der Waals surface area contributed by atoms with E-state index in [1.165, 1.54) is 18.2 Å². The molecule has 1 unspecified atom stereocenters. The molecule has 2 aromatic rings. The maximum atomic E-state index is 13.7. The van der Waals surface area contributed by atoms with Gasteiger partial charge in [-0.15, -0.1) is 0 Å². The van der Waals surface area contributed by atoms with Gasteiger partial charge in [-0.1, -0.05) is 34.1 Å². The first-order valence-electron chi connectivity index (χ1n) is 6.29. The molecule has 0 bridgehead atoms. The first-order chi connectivity index (χ1) is 9.29. The van der Waals surface area contributed by atoms with Crippen molar-refractivity contribution in [2.75, 3.05) is 0 Å². The molecule has 20 heavy (non-hydrogen) atoms. The predicted octanol–water partition coefficient (Wildman–Crippen LogP) is 4.45. The number of hydrogen-bond acceptors (Lipinski definition) is 1. The van der Waals surface area contributed by atoms with Crippen LogP contribution in [-0.4, -0.2) is 0 Å². The van der Waals surface area contributed by atoms with Gasteiger partial charge in [0, 0.05) is 10.0 Å². The molecular weight excluding hydrogens is 324 g/mol. The molecule has 0 aromatic heterocycles. The standard InChI is InChI=1S/C16H16BrF2N/c1-10-3-5-12(7-15(10)19)16(2,20)9-11-4-6-13(18)8-14(11)17/h3-8H,9,20H2,1-2H3. The molecule has 0 aliphatic heterocycles. The zero-order valence-corrected chi connectivity index (χ0v) is 13.0. The molecule has 2 rings (SSSR count). The third kappa shape index (κ3) is 3.25. The lowest BCUT2D eigenvalue weighted by molar-refractivity contribution is 0.484. The van der Waals surface area contributed by atoms with Crippen molar-refractivity contribution in [2.24, 2.45) is 5.73 Å². The van der Waals surface area contributed by atoms with Gasteiger partial charge in [-0.3, -0.25) is 0 Å². The van der Waals surface area contributed by atoms with Gasteiger partial charge in [0.25, 0.3) is 0 Å². The number of rotatable bonds is 3. The molecule has 0 saturated heterocycles. The Kier molecular flexibility index (Phi) is 4.25. The highest BCUT2D eigenvalue weighted by atomic mass is 79.9. The Morgan fingerprint density at radius 1 is 1.15 bits per heavy atom. The third-order valence-corrected chi connectivity index (χ3v) is 4.14. The molecule has 0 aliphatic carbocycles. The SMILES string of the molecule is Cc1ccc(C(C)(N)Cc2ccc(F)cc2Br)cc1F. The van der Waals surface area contributed by atoms with Crippen molar-refractivity contribution < 1.29 is 8.78 Å². The van der Waals surface area contributed by atoms with Crippen molar-refractivity contribution in [3.05, 3.63) is 69.2 Å². The topological polar surface area (TPSA) is 26.0 Å². The lowest BCUT2D eigenvalue weighted by Gasteiger charge is -2.26. The van der Waals surface area contributed by atoms with Crippen LogP contribution in [0, 0.1) is 18.6 Å². The van der Waals surface area contributed by atoms with Crippen molar-refractivity contribution in [3.63, 3.8) is 0 Å². The van der Waals surface area contributed by atoms with Gasteiger partial charge in [0.2, 0.25) is 0 Å². The fraction of sp³-hybridized carbons (Fsp3) is 0.250. The Balaban J connectivity index is 2.32. The van der Waals surface area contributed by atoms with E-state index in [0.717, 1.165) is 11.1 Å². The summed E-state index contributed by atoms with van der Waals surface area (Å²) in [7, 11) is 0. The molecule has 2 aromatic carbocycles. The zero-order chi connectivity index (χ0) is 14.9. The number of benzene rings is 2. The zero-order valence-electron chi connectivity index (χ0n) is 11.4. The van der Waals surface area contributed by atoms with E-state index in [4.69, 9.17) is 5.73 Å². The monoisotopic (exact) mass is 339 g/mol. The van der Waals surface area contributed by atoms with Crippen LogP contribution >= 0.6 is 15.9 Å². The van der Waals surface area contributed by atoms with Crippen LogP contribution in [0.2, 0.25) is 0 Å². The van der Waals surface area contributed by atoms with E-state index >= 15 is 0 Å². The number of aryl methyl sites for hydroxylation is 1. The molecule has 1 atom stereocenters. The molecular formula is C16H16BrF2N. The summed E-state index contributed by atoms with van der Waals surface area (Å²) in [4.78, 5) is 0. The quantitative estimate of drug-likeness (QED) is 0.878. The van der Waals surface area contributed by atoms with Crippen molar-refractivity contribution in [1.29, 1.82) is 0 Å². The fourth-order valence-electron chi connectivity index (χ4n) is 2.11. The van der Waals surface area contributed by atoms with E-state index in [1.807, 2.05) is 13.0 Å². The number of halogens is 3. The number of nitrogens with two attached hydrogens (primary N) is 1. The minimum atomic E-state index is -0.727. The van der Waals surface area contributed by atoms with Crippen LogP contribution in [0.1, 0.15) is 23.6 Å². The molecule has 0 fully saturated rings. The van der Waals surface area contributed by atoms with Gasteiger partial charge in [-0.05, 0) is 55.2 Å². The Labute approximate surface area is 125 Å². The molecule has 0 amide bonds. The summed E-state index contributed by atoms with van der Waals surface area (Å²) in [6.07, 6.45) is 0.483. The van der Waals surface area contributed by atoms with Crippen molar-refractivity contribution in [1.82, 2.24) is 0 Å². The molecule has 106 valence electrons. The summed E-state index contributed by atoms with van der Waals surface area (Å²) >= 11 is 3.33. The van der Waals surface area contributed by atoms with Gasteiger partial charge in [-0.25, -0.2) is 8.78 Å². The predicted molar refractivity (Wildman–Crippen MR) is 80.5 cm³/mol. The van der Waals surface area contributed by atoms with Crippen LogP contribution in [-0.2, 0) is 12.0 Å². The maximum absolute atomic E-state index is 13.7. The smallest absolute Gasteiger partial charge is 0.126 e. The van der Waals surface area contributed by atoms with E-state index in [1.54, 1.807) is 19.1 Å². The first kappa shape index (κ1) is 15.1. The summed E-state index contributed by atoms with van der Waals surface area (Å²) in [5.74, 6) is -0.571. The highest BCUT2D eigenvalue weighted by molar-refractivity contribution is 9.10. The van der Waals surface area contributed by atoms with Gasteiger partial charge < -0.3 is 5.73 Å². The summed E-state index contributed by atoms with van der Waals surface area (Å²) in [6.45, 7) is 3.55. The van der Waals surface area contributed by atoms with Gasteiger partial charge in [0.05, 0.1) is 0 Å². The van der Waals surface area contributed by atoms with Crippen LogP contribution in [0.4, 0.5) is 8.78 Å². The van der Waals surface area contributed by atoms with Crippen LogP contribution in [0.3, 0.4) is 0 Å². The van der Waals surface area contributed by atoms with Gasteiger partial charge >= 0.3 is 0 Å². The first-order valence-corrected chi connectivity index (χ1v) is 7.08. The van der Waals surface area contributed by atoms with Crippen LogP contribution < -0.4 is 5.73 Å². The summed E-state index contributed by atoms with van der Waals surface area (Å²) in [6, 6.07) is 9.50. The summed E-state index contributed by atoms with van der Waals surface area (Å²) in [5, 5.41) is 0. The van der Waals surface area contributed by atoms with Crippen molar-refractivity contribution >= 4 is 15.9 Å². The van der Waals surface area contributed by atoms with Gasteiger partial charge in [0.1, 0.15) is 11.6 Å². The van der Waals surface area contributed by atoms with Gasteiger partial charge in [-0.2, -0.15) is 0 Å². The highest BCUT2D eigenvalue weighted by Crippen LogP contribution is 2.28. The molecule has 4 heteroatoms. The average molecular weight is 340 g/mol. The van der Waals surface area contributed by atoms with E-state index in [2.05, 4.69) is 15.9 Å². The van der Waals surface area contributed by atoms with E-state index in [0.29, 0.717) is 16.5 Å². The molecule has 0 saturated carbocycles. The normalized spacial score (nSPS) is 14.1. The third-order valence-electron chi connectivity index (χ3n) is 3.40. The largest absolute Gasteiger partial charge is 0.321 e. The van der Waals surface area contributed by atoms with Crippen molar-refractivity contribution in [2.45, 2.75) is 25.8 Å². The Morgan fingerprint density at radius 2 is 1.85 bits per heavy atom. The Morgan fingerprint density at radius 3 is 2.45 bits per heavy atom. The second-order valence-electron chi connectivity index (χ2n) is 5.29. The fourth-order valence-corrected chi connectivity index (χ4v) is 2.60. The molecule has 1 nitrogen and oxygen atoms in total. The minimum absolute atomic E-state index is 0.266. The Bertz CT molecular complexity index is 638. The highest BCUT2D eigenvalue weighted by Gasteiger charge is 2.23. The van der Waals surface area contributed by atoms with Crippen LogP contribution in [0.15, 0.2) is 40.9 Å². The molecule has 2 N–H and O–H groups in total. The Hall–Kier alpha value is -1.26. The minimum Gasteiger partial charge on any atom is -0.321 e. The molecule has 0 aliphatic rings. The lowest BCUT2D eigenvalue weighted by Crippen LogP contribution is -2.35. The van der Waals surface area contributed by atoms with Crippen LogP contribution in [0.25, 0.3) is 0 Å². The van der Waals surface area contributed by atoms with Gasteiger partial charge in [0.15, 0.2) is 0 Å². The second-order valence-corrected chi connectivity index (χ2v) is 6.15. The second kappa shape index (κ2) is 5.62. The summed E-state index contributed by atoms with van der Waals surface area (Å²) < 4.78 is 27.4. The van der Waals surface area contributed by atoms with E-state index < -0.39 is 5.54 Å². The molecule has 0 radical (unpaired) electrons.